The molecule has 3 aromatic carbocycles. The van der Waals surface area contributed by atoms with Crippen molar-refractivity contribution >= 4 is 93.5 Å². The molecule has 0 spiro atoms. The van der Waals surface area contributed by atoms with Crippen LogP contribution in [0.25, 0.3) is 0 Å². The van der Waals surface area contributed by atoms with Gasteiger partial charge in [0.15, 0.2) is 0 Å². The van der Waals surface area contributed by atoms with Crippen LogP contribution in [-0.2, 0) is 19.5 Å². The maximum absolute atomic E-state index is 11.6. The van der Waals surface area contributed by atoms with Gasteiger partial charge in [-0.3, -0.25) is 0 Å². The second-order valence-electron chi connectivity index (χ2n) is 6.29. The van der Waals surface area contributed by atoms with Crippen LogP contribution >= 0.6 is 69.6 Å². The zero-order chi connectivity index (χ0) is 22.4. The molecule has 0 atom stereocenters. The van der Waals surface area contributed by atoms with Gasteiger partial charge in [0.05, 0.1) is 0 Å². The number of halogens is 6. The van der Waals surface area contributed by atoms with Crippen molar-refractivity contribution in [1.82, 2.24) is 0 Å². The monoisotopic (exact) mass is 604 g/mol. The summed E-state index contributed by atoms with van der Waals surface area (Å²) < 4.78 is -3.96. The molecule has 10 heteroatoms. The molecule has 0 aliphatic heterocycles. The van der Waals surface area contributed by atoms with Gasteiger partial charge >= 0.3 is 0 Å². The Kier molecular flexibility index (Phi) is 11.8. The molecule has 0 aliphatic rings. The summed E-state index contributed by atoms with van der Waals surface area (Å²) >= 11 is 31.2. The Hall–Kier alpha value is 0.160. The first-order valence-electron chi connectivity index (χ1n) is 8.68. The fourth-order valence-electron chi connectivity index (χ4n) is 2.72. The first kappa shape index (κ1) is 29.2. The molecule has 2 nitrogen and oxygen atoms in total. The summed E-state index contributed by atoms with van der Waals surface area (Å²) in [5, 5.41) is 12.0. The molecule has 0 saturated carbocycles. The second-order valence-corrected chi connectivity index (χ2v) is 14.2. The third-order valence-electron chi connectivity index (χ3n) is 4.19. The molecule has 0 saturated heterocycles. The molecule has 0 bridgehead atoms. The number of alkyl halides is 6. The van der Waals surface area contributed by atoms with E-state index in [-0.39, 0.29) is 19.5 Å². The van der Waals surface area contributed by atoms with Crippen molar-refractivity contribution in [2.75, 3.05) is 0 Å². The van der Waals surface area contributed by atoms with Crippen LogP contribution in [0, 0.1) is 0 Å². The van der Waals surface area contributed by atoms with Crippen LogP contribution in [0.5, 0.6) is 0 Å². The molecule has 162 valence electrons. The number of hydrogen-bond acceptors (Lipinski definition) is 2. The largest absolute Gasteiger partial charge is 0.421 e. The van der Waals surface area contributed by atoms with Crippen molar-refractivity contribution < 1.29 is 29.4 Å². The van der Waals surface area contributed by atoms with Crippen LogP contribution in [-0.4, -0.2) is 31.9 Å². The van der Waals surface area contributed by atoms with Crippen molar-refractivity contribution in [3.05, 3.63) is 91.0 Å². The van der Waals surface area contributed by atoms with E-state index in [9.17, 15) is 4.80 Å². The van der Waals surface area contributed by atoms with Crippen molar-refractivity contribution in [3.8, 4) is 0 Å². The summed E-state index contributed by atoms with van der Waals surface area (Å²) in [6, 6.07) is 30.0. The van der Waals surface area contributed by atoms with Gasteiger partial charge in [0.2, 0.25) is 7.59 Å². The van der Waals surface area contributed by atoms with Gasteiger partial charge in [-0.25, -0.2) is 0 Å². The molecule has 3 aromatic rings. The number of rotatable bonds is 3. The van der Waals surface area contributed by atoms with Crippen molar-refractivity contribution in [3.63, 3.8) is 0 Å². The fourth-order valence-corrected chi connectivity index (χ4v) is 7.23. The Morgan fingerprint density at radius 3 is 0.935 bits per heavy atom. The Balaban J connectivity index is 0.000000376. The normalized spacial score (nSPS) is 11.9. The molecule has 0 aromatic heterocycles. The summed E-state index contributed by atoms with van der Waals surface area (Å²) in [5.41, 5.74) is 0. The van der Waals surface area contributed by atoms with Gasteiger partial charge in [0, 0.05) is 19.5 Å². The van der Waals surface area contributed by atoms with Crippen molar-refractivity contribution in [2.45, 2.75) is 13.7 Å². The molecule has 31 heavy (non-hydrogen) atoms. The number of aliphatic hydroxyl groups excluding tert-OH is 1. The van der Waals surface area contributed by atoms with E-state index in [0.29, 0.717) is 0 Å². The van der Waals surface area contributed by atoms with Crippen LogP contribution in [0.1, 0.15) is 0 Å². The molecule has 0 fully saturated rings. The number of benzene rings is 3. The maximum Gasteiger partial charge on any atom is 0.285 e. The predicted molar refractivity (Wildman–Crippen MR) is 133 cm³/mol. The van der Waals surface area contributed by atoms with Gasteiger partial charge in [0.25, 0.3) is 8.32 Å². The van der Waals surface area contributed by atoms with Gasteiger partial charge in [-0.15, -0.1) is 0 Å². The Bertz CT molecular complexity index is 795. The molecule has 0 amide bonds. The van der Waals surface area contributed by atoms with Gasteiger partial charge in [-0.2, -0.15) is 0 Å². The van der Waals surface area contributed by atoms with E-state index in [0.717, 1.165) is 15.6 Å². The van der Waals surface area contributed by atoms with E-state index >= 15 is 0 Å². The van der Waals surface area contributed by atoms with Crippen LogP contribution in [0.2, 0.25) is 0 Å². The van der Waals surface area contributed by atoms with Crippen LogP contribution in [0.4, 0.5) is 0 Å². The van der Waals surface area contributed by atoms with Crippen LogP contribution in [0.15, 0.2) is 91.0 Å². The third kappa shape index (κ3) is 8.15. The minimum absolute atomic E-state index is 0. The topological polar surface area (TPSA) is 40.5 Å². The van der Waals surface area contributed by atoms with Crippen LogP contribution in [0.3, 0.4) is 0 Å². The minimum Gasteiger partial charge on any atom is -0.421 e. The van der Waals surface area contributed by atoms with Crippen molar-refractivity contribution in [1.29, 1.82) is 0 Å². The number of aliphatic hydroxyl groups is 1. The summed E-state index contributed by atoms with van der Waals surface area (Å²) in [6.07, 6.45) is -1.64. The molecule has 2 N–H and O–H groups in total. The summed E-state index contributed by atoms with van der Waals surface area (Å²) in [5.74, 6) is 0. The Labute approximate surface area is 225 Å². The quantitative estimate of drug-likeness (QED) is 0.257. The summed E-state index contributed by atoms with van der Waals surface area (Å²) in [6.45, 7) is 0. The zero-order valence-corrected chi connectivity index (χ0v) is 24.6. The van der Waals surface area contributed by atoms with E-state index < -0.39 is 22.0 Å². The average Bonchev–Trinajstić information content (AvgIpc) is 2.73. The Morgan fingerprint density at radius 2 is 0.774 bits per heavy atom. The molecular formula is C21H18Cl6O2SiZn. The predicted octanol–water partition coefficient (Wildman–Crippen LogP) is 4.73. The van der Waals surface area contributed by atoms with E-state index in [1.54, 1.807) is 0 Å². The van der Waals surface area contributed by atoms with E-state index in [4.69, 9.17) is 74.7 Å². The van der Waals surface area contributed by atoms with E-state index in [2.05, 4.69) is 0 Å². The standard InChI is InChI=1S/C18H16OSi.C3H2Cl6O.Zn/c19-20(16-10-4-1-5-11-16,17-12-6-2-7-13-17)18-14-8-3-9-15-18;4-2(5,6)1(10)3(7,8)9;/h1-15,19H;1,10H;. The molecule has 0 unspecified atom stereocenters. The molecule has 0 heterocycles. The SMILES string of the molecule is OC(C(Cl)(Cl)Cl)C(Cl)(Cl)Cl.O[Si](c1ccccc1)(c1ccccc1)c1ccccc1.[Zn]. The molecule has 0 aliphatic carbocycles. The smallest absolute Gasteiger partial charge is 0.285 e. The van der Waals surface area contributed by atoms with E-state index in [1.807, 2.05) is 91.0 Å². The van der Waals surface area contributed by atoms with E-state index in [1.165, 1.54) is 0 Å². The molecule has 3 rings (SSSR count). The summed E-state index contributed by atoms with van der Waals surface area (Å²) in [7, 11) is -2.88. The van der Waals surface area contributed by atoms with Gasteiger partial charge in [-0.1, -0.05) is 161 Å². The third-order valence-corrected chi connectivity index (χ3v) is 8.94. The minimum atomic E-state index is -2.88. The maximum atomic E-state index is 11.6. The van der Waals surface area contributed by atoms with Gasteiger partial charge in [-0.05, 0) is 15.6 Å². The molecular weight excluding hydrogens is 590 g/mol. The molecule has 0 radical (unpaired) electrons. The number of hydrogen-bond donors (Lipinski definition) is 2. The van der Waals surface area contributed by atoms with Gasteiger partial charge in [0.1, 0.15) is 6.10 Å². The zero-order valence-electron chi connectivity index (χ0n) is 16.1. The summed E-state index contributed by atoms with van der Waals surface area (Å²) in [4.78, 5) is 11.6. The fraction of sp³-hybridized carbons (Fsp3) is 0.143. The Morgan fingerprint density at radius 1 is 0.548 bits per heavy atom. The van der Waals surface area contributed by atoms with Crippen molar-refractivity contribution in [2.24, 2.45) is 0 Å². The first-order chi connectivity index (χ1) is 14.0. The van der Waals surface area contributed by atoms with Gasteiger partial charge < -0.3 is 9.90 Å². The second kappa shape index (κ2) is 12.6. The first-order valence-corrected chi connectivity index (χ1v) is 12.9. The average molecular weight is 609 g/mol. The van der Waals surface area contributed by atoms with Crippen LogP contribution < -0.4 is 15.6 Å².